The number of hydrogen-bond acceptors (Lipinski definition) is 4. The van der Waals surface area contributed by atoms with Crippen molar-refractivity contribution in [2.75, 3.05) is 18.2 Å². The molecular formula is C14H21ClN2O2. The lowest BCUT2D eigenvalue weighted by atomic mass is 9.97. The predicted octanol–water partition coefficient (Wildman–Crippen LogP) is 3.70. The summed E-state index contributed by atoms with van der Waals surface area (Å²) in [4.78, 5) is 11.8. The van der Waals surface area contributed by atoms with Crippen LogP contribution in [0.1, 0.15) is 44.0 Å². The zero-order valence-corrected chi connectivity index (χ0v) is 12.6. The van der Waals surface area contributed by atoms with Gasteiger partial charge < -0.3 is 15.8 Å². The maximum absolute atomic E-state index is 11.8. The summed E-state index contributed by atoms with van der Waals surface area (Å²) in [5, 5.41) is 3.73. The highest BCUT2D eigenvalue weighted by molar-refractivity contribution is 6.34. The first-order valence-corrected chi connectivity index (χ1v) is 6.64. The van der Waals surface area contributed by atoms with E-state index in [4.69, 9.17) is 22.1 Å². The molecule has 0 saturated carbocycles. The van der Waals surface area contributed by atoms with Gasteiger partial charge in [0.15, 0.2) is 0 Å². The Morgan fingerprint density at radius 3 is 2.63 bits per heavy atom. The van der Waals surface area contributed by atoms with Crippen LogP contribution in [0.4, 0.5) is 11.4 Å². The Bertz CT molecular complexity index is 473. The van der Waals surface area contributed by atoms with Crippen molar-refractivity contribution in [3.8, 4) is 0 Å². The van der Waals surface area contributed by atoms with Crippen LogP contribution >= 0.6 is 11.6 Å². The summed E-state index contributed by atoms with van der Waals surface area (Å²) in [6.45, 7) is 6.23. The van der Waals surface area contributed by atoms with Crippen LogP contribution in [0.15, 0.2) is 12.1 Å². The highest BCUT2D eigenvalue weighted by Gasteiger charge is 2.23. The molecular weight excluding hydrogens is 264 g/mol. The van der Waals surface area contributed by atoms with Crippen molar-refractivity contribution in [1.82, 2.24) is 0 Å². The van der Waals surface area contributed by atoms with E-state index < -0.39 is 5.97 Å². The molecule has 0 bridgehead atoms. The third-order valence-electron chi connectivity index (χ3n) is 2.86. The van der Waals surface area contributed by atoms with Gasteiger partial charge in [-0.2, -0.15) is 0 Å². The van der Waals surface area contributed by atoms with E-state index in [9.17, 15) is 4.79 Å². The Morgan fingerprint density at radius 1 is 1.47 bits per heavy atom. The molecule has 0 aromatic heterocycles. The molecule has 5 heteroatoms. The number of halogens is 1. The Hall–Kier alpha value is -1.42. The summed E-state index contributed by atoms with van der Waals surface area (Å²) in [5.41, 5.74) is 6.92. The van der Waals surface area contributed by atoms with Gasteiger partial charge in [-0.1, -0.05) is 24.9 Å². The normalized spacial score (nSPS) is 11.2. The van der Waals surface area contributed by atoms with Crippen LogP contribution in [-0.2, 0) is 4.74 Å². The van der Waals surface area contributed by atoms with Gasteiger partial charge in [-0.05, 0) is 32.4 Å². The van der Waals surface area contributed by atoms with Crippen molar-refractivity contribution >= 4 is 28.9 Å². The number of methoxy groups -OCH3 is 1. The van der Waals surface area contributed by atoms with E-state index in [0.29, 0.717) is 22.0 Å². The lowest BCUT2D eigenvalue weighted by molar-refractivity contribution is 0.0602. The van der Waals surface area contributed by atoms with Crippen molar-refractivity contribution < 1.29 is 9.53 Å². The van der Waals surface area contributed by atoms with Crippen molar-refractivity contribution in [2.45, 2.75) is 39.2 Å². The molecule has 1 aromatic rings. The molecule has 0 heterocycles. The molecule has 0 aliphatic rings. The van der Waals surface area contributed by atoms with Gasteiger partial charge in [0, 0.05) is 11.2 Å². The number of nitrogen functional groups attached to an aromatic ring is 1. The highest BCUT2D eigenvalue weighted by Crippen LogP contribution is 2.33. The summed E-state index contributed by atoms with van der Waals surface area (Å²) < 4.78 is 4.77. The Balaban J connectivity index is 3.22. The van der Waals surface area contributed by atoms with Gasteiger partial charge in [-0.15, -0.1) is 0 Å². The van der Waals surface area contributed by atoms with E-state index in [1.54, 1.807) is 12.1 Å². The van der Waals surface area contributed by atoms with Gasteiger partial charge in [0.2, 0.25) is 0 Å². The third-order valence-corrected chi connectivity index (χ3v) is 3.15. The highest BCUT2D eigenvalue weighted by atomic mass is 35.5. The second-order valence-electron chi connectivity index (χ2n) is 5.18. The average Bonchev–Trinajstić information content (AvgIpc) is 2.31. The number of nitrogens with one attached hydrogen (secondary N) is 1. The van der Waals surface area contributed by atoms with Crippen molar-refractivity contribution in [2.24, 2.45) is 0 Å². The summed E-state index contributed by atoms with van der Waals surface area (Å²) in [6.07, 6.45) is 1.98. The molecule has 4 nitrogen and oxygen atoms in total. The molecule has 106 valence electrons. The van der Waals surface area contributed by atoms with Crippen LogP contribution in [0.5, 0.6) is 0 Å². The molecule has 0 aliphatic carbocycles. The zero-order valence-electron chi connectivity index (χ0n) is 11.8. The number of esters is 1. The van der Waals surface area contributed by atoms with E-state index in [0.717, 1.165) is 12.8 Å². The van der Waals surface area contributed by atoms with Crippen molar-refractivity contribution in [3.05, 3.63) is 22.7 Å². The molecule has 0 saturated heterocycles. The minimum Gasteiger partial charge on any atom is -0.465 e. The maximum atomic E-state index is 11.8. The molecule has 0 spiro atoms. The Morgan fingerprint density at radius 2 is 2.11 bits per heavy atom. The largest absolute Gasteiger partial charge is 0.465 e. The lowest BCUT2D eigenvalue weighted by Crippen LogP contribution is -2.31. The number of nitrogens with two attached hydrogens (primary N) is 1. The Kier molecular flexibility index (Phi) is 5.06. The first-order chi connectivity index (χ1) is 8.80. The molecule has 0 amide bonds. The van der Waals surface area contributed by atoms with Gasteiger partial charge in [0.25, 0.3) is 0 Å². The minimum absolute atomic E-state index is 0.169. The summed E-state index contributed by atoms with van der Waals surface area (Å²) in [7, 11) is 1.33. The lowest BCUT2D eigenvalue weighted by Gasteiger charge is -2.29. The van der Waals surface area contributed by atoms with Crippen LogP contribution in [0.25, 0.3) is 0 Å². The monoisotopic (exact) mass is 284 g/mol. The number of rotatable bonds is 5. The van der Waals surface area contributed by atoms with Gasteiger partial charge in [-0.25, -0.2) is 4.79 Å². The van der Waals surface area contributed by atoms with Gasteiger partial charge in [0.05, 0.1) is 23.4 Å². The third kappa shape index (κ3) is 4.03. The zero-order chi connectivity index (χ0) is 14.6. The smallest absolute Gasteiger partial charge is 0.340 e. The SMILES string of the molecule is CCCC(C)(C)Nc1c(Cl)cc(N)cc1C(=O)OC. The van der Waals surface area contributed by atoms with Crippen LogP contribution in [-0.4, -0.2) is 18.6 Å². The standard InChI is InChI=1S/C14H21ClN2O2/c1-5-6-14(2,3)17-12-10(13(18)19-4)7-9(16)8-11(12)15/h7-8,17H,5-6,16H2,1-4H3. The number of ether oxygens (including phenoxy) is 1. The van der Waals surface area contributed by atoms with Crippen LogP contribution in [0.3, 0.4) is 0 Å². The van der Waals surface area contributed by atoms with Crippen LogP contribution < -0.4 is 11.1 Å². The summed E-state index contributed by atoms with van der Waals surface area (Å²) in [6, 6.07) is 3.19. The van der Waals surface area contributed by atoms with E-state index >= 15 is 0 Å². The molecule has 0 aliphatic heterocycles. The van der Waals surface area contributed by atoms with E-state index in [1.165, 1.54) is 7.11 Å². The molecule has 0 radical (unpaired) electrons. The molecule has 3 N–H and O–H groups in total. The van der Waals surface area contributed by atoms with Crippen molar-refractivity contribution in [3.63, 3.8) is 0 Å². The fourth-order valence-corrected chi connectivity index (χ4v) is 2.33. The topological polar surface area (TPSA) is 64.3 Å². The minimum atomic E-state index is -0.455. The molecule has 19 heavy (non-hydrogen) atoms. The predicted molar refractivity (Wildman–Crippen MR) is 79.8 cm³/mol. The number of benzene rings is 1. The number of carbonyl (C=O) groups is 1. The summed E-state index contributed by atoms with van der Waals surface area (Å²) in [5.74, 6) is -0.455. The number of carbonyl (C=O) groups excluding carboxylic acids is 1. The van der Waals surface area contributed by atoms with Gasteiger partial charge >= 0.3 is 5.97 Å². The second kappa shape index (κ2) is 6.15. The molecule has 1 rings (SSSR count). The average molecular weight is 285 g/mol. The number of anilines is 2. The van der Waals surface area contributed by atoms with Gasteiger partial charge in [-0.3, -0.25) is 0 Å². The first-order valence-electron chi connectivity index (χ1n) is 6.26. The molecule has 0 atom stereocenters. The van der Waals surface area contributed by atoms with Crippen LogP contribution in [0.2, 0.25) is 5.02 Å². The van der Waals surface area contributed by atoms with E-state index in [2.05, 4.69) is 26.1 Å². The van der Waals surface area contributed by atoms with E-state index in [1.807, 2.05) is 0 Å². The molecule has 1 aromatic carbocycles. The van der Waals surface area contributed by atoms with E-state index in [-0.39, 0.29) is 5.54 Å². The second-order valence-corrected chi connectivity index (χ2v) is 5.58. The fourth-order valence-electron chi connectivity index (χ4n) is 2.05. The maximum Gasteiger partial charge on any atom is 0.340 e. The Labute approximate surface area is 119 Å². The van der Waals surface area contributed by atoms with Crippen LogP contribution in [0, 0.1) is 0 Å². The number of hydrogen-bond donors (Lipinski definition) is 2. The molecule has 0 unspecified atom stereocenters. The van der Waals surface area contributed by atoms with Gasteiger partial charge in [0.1, 0.15) is 0 Å². The molecule has 0 fully saturated rings. The fraction of sp³-hybridized carbons (Fsp3) is 0.500. The van der Waals surface area contributed by atoms with Crippen molar-refractivity contribution in [1.29, 1.82) is 0 Å². The quantitative estimate of drug-likeness (QED) is 0.639. The first kappa shape index (κ1) is 15.6. The summed E-state index contributed by atoms with van der Waals surface area (Å²) >= 11 is 6.19.